The van der Waals surface area contributed by atoms with Crippen molar-refractivity contribution in [2.24, 2.45) is 5.92 Å². The fourth-order valence-electron chi connectivity index (χ4n) is 5.54. The molecule has 4 nitrogen and oxygen atoms in total. The number of benzene rings is 3. The summed E-state index contributed by atoms with van der Waals surface area (Å²) in [5.41, 5.74) is 2.90. The van der Waals surface area contributed by atoms with Gasteiger partial charge in [-0.05, 0) is 72.3 Å². The minimum Gasteiger partial charge on any atom is -0.508 e. The van der Waals surface area contributed by atoms with Crippen molar-refractivity contribution in [3.8, 4) is 5.75 Å². The molecule has 1 fully saturated rings. The highest BCUT2D eigenvalue weighted by molar-refractivity contribution is 5.39. The Bertz CT molecular complexity index is 1020. The van der Waals surface area contributed by atoms with Gasteiger partial charge in [0.1, 0.15) is 17.6 Å². The van der Waals surface area contributed by atoms with Crippen LogP contribution in [0, 0.1) is 5.92 Å². The summed E-state index contributed by atoms with van der Waals surface area (Å²) in [5, 5.41) is 33.2. The Morgan fingerprint density at radius 1 is 0.886 bits per heavy atom. The second kappa shape index (κ2) is 11.4. The zero-order chi connectivity index (χ0) is 24.8. The van der Waals surface area contributed by atoms with E-state index in [0.717, 1.165) is 61.0 Å². The third kappa shape index (κ3) is 5.78. The Morgan fingerprint density at radius 2 is 1.46 bits per heavy atom. The van der Waals surface area contributed by atoms with E-state index in [1.54, 1.807) is 0 Å². The van der Waals surface area contributed by atoms with Gasteiger partial charge in [0.25, 0.3) is 0 Å². The van der Waals surface area contributed by atoms with Crippen LogP contribution in [-0.4, -0.2) is 39.5 Å². The van der Waals surface area contributed by atoms with E-state index < -0.39 is 11.8 Å². The zero-order valence-corrected chi connectivity index (χ0v) is 21.0. The molecular weight excluding hydrogens is 434 g/mol. The summed E-state index contributed by atoms with van der Waals surface area (Å²) in [6.07, 6.45) is 3.55. The molecule has 4 heteroatoms. The van der Waals surface area contributed by atoms with Crippen molar-refractivity contribution in [1.29, 1.82) is 0 Å². The number of rotatable bonds is 9. The second-order valence-electron chi connectivity index (χ2n) is 10.2. The summed E-state index contributed by atoms with van der Waals surface area (Å²) in [4.78, 5) is 2.15. The lowest BCUT2D eigenvalue weighted by Crippen LogP contribution is -2.47. The van der Waals surface area contributed by atoms with E-state index >= 15 is 0 Å². The fourth-order valence-corrected chi connectivity index (χ4v) is 5.54. The van der Waals surface area contributed by atoms with Crippen molar-refractivity contribution < 1.29 is 15.3 Å². The van der Waals surface area contributed by atoms with Crippen molar-refractivity contribution in [2.45, 2.75) is 63.7 Å². The summed E-state index contributed by atoms with van der Waals surface area (Å²) < 4.78 is 0. The normalized spacial score (nSPS) is 16.5. The summed E-state index contributed by atoms with van der Waals surface area (Å²) in [6.45, 7) is 5.68. The van der Waals surface area contributed by atoms with Gasteiger partial charge >= 0.3 is 0 Å². The molecule has 3 N–H and O–H groups in total. The Morgan fingerprint density at radius 3 is 1.97 bits per heavy atom. The van der Waals surface area contributed by atoms with Crippen LogP contribution < -0.4 is 0 Å². The van der Waals surface area contributed by atoms with Crippen LogP contribution in [0.3, 0.4) is 0 Å². The highest BCUT2D eigenvalue weighted by atomic mass is 16.3. The van der Waals surface area contributed by atoms with Gasteiger partial charge in [-0.3, -0.25) is 4.90 Å². The van der Waals surface area contributed by atoms with Gasteiger partial charge in [-0.15, -0.1) is 0 Å². The van der Waals surface area contributed by atoms with Crippen LogP contribution >= 0.6 is 0 Å². The molecular formula is C31H39NO3. The number of aromatic hydroxyl groups is 1. The molecule has 3 aromatic rings. The average molecular weight is 474 g/mol. The summed E-state index contributed by atoms with van der Waals surface area (Å²) in [6, 6.07) is 25.9. The molecule has 0 aromatic heterocycles. The molecule has 0 amide bonds. The lowest BCUT2D eigenvalue weighted by atomic mass is 9.72. The standard InChI is InChI=1S/C31H39NO3/c1-23(2)28-17-16-24(22-29(28)33)10-9-15-30(34)32-20-18-27(19-21-32)31(35,25-11-5-3-6-12-25)26-13-7-4-8-14-26/h3-8,11-14,16-17,22-23,27,30,33-35H,9-10,15,18-21H2,1-2H3. The van der Waals surface area contributed by atoms with Gasteiger partial charge < -0.3 is 15.3 Å². The molecule has 0 spiro atoms. The maximum Gasteiger partial charge on any atom is 0.119 e. The number of aryl methyl sites for hydroxylation is 1. The molecule has 0 bridgehead atoms. The molecule has 0 aliphatic carbocycles. The van der Waals surface area contributed by atoms with Crippen LogP contribution in [0.25, 0.3) is 0 Å². The SMILES string of the molecule is CC(C)c1ccc(CCCC(O)N2CCC(C(O)(c3ccccc3)c3ccccc3)CC2)cc1O. The van der Waals surface area contributed by atoms with Gasteiger partial charge in [-0.1, -0.05) is 86.6 Å². The van der Waals surface area contributed by atoms with Crippen LogP contribution in [0.5, 0.6) is 5.75 Å². The molecule has 1 heterocycles. The van der Waals surface area contributed by atoms with Gasteiger partial charge in [-0.2, -0.15) is 0 Å². The highest BCUT2D eigenvalue weighted by Crippen LogP contribution is 2.42. The maximum absolute atomic E-state index is 12.0. The highest BCUT2D eigenvalue weighted by Gasteiger charge is 2.42. The van der Waals surface area contributed by atoms with Crippen LogP contribution in [0.15, 0.2) is 78.9 Å². The second-order valence-corrected chi connectivity index (χ2v) is 10.2. The fraction of sp³-hybridized carbons (Fsp3) is 0.419. The van der Waals surface area contributed by atoms with Crippen LogP contribution in [-0.2, 0) is 12.0 Å². The largest absolute Gasteiger partial charge is 0.508 e. The predicted molar refractivity (Wildman–Crippen MR) is 141 cm³/mol. The first-order valence-electron chi connectivity index (χ1n) is 13.0. The third-order valence-electron chi connectivity index (χ3n) is 7.61. The summed E-state index contributed by atoms with van der Waals surface area (Å²) in [5.74, 6) is 0.748. The van der Waals surface area contributed by atoms with E-state index in [1.165, 1.54) is 0 Å². The number of nitrogens with zero attached hydrogens (tertiary/aromatic N) is 1. The van der Waals surface area contributed by atoms with E-state index in [-0.39, 0.29) is 5.92 Å². The van der Waals surface area contributed by atoms with E-state index in [4.69, 9.17) is 0 Å². The van der Waals surface area contributed by atoms with Crippen molar-refractivity contribution >= 4 is 0 Å². The number of piperidine rings is 1. The molecule has 4 rings (SSSR count). The number of aliphatic hydroxyl groups excluding tert-OH is 1. The molecule has 35 heavy (non-hydrogen) atoms. The molecule has 1 atom stereocenters. The van der Waals surface area contributed by atoms with Gasteiger partial charge in [0.15, 0.2) is 0 Å². The maximum atomic E-state index is 12.0. The number of aliphatic hydroxyl groups is 2. The van der Waals surface area contributed by atoms with Gasteiger partial charge in [0, 0.05) is 13.1 Å². The van der Waals surface area contributed by atoms with Crippen LogP contribution in [0.2, 0.25) is 0 Å². The molecule has 0 saturated carbocycles. The van der Waals surface area contributed by atoms with E-state index in [9.17, 15) is 15.3 Å². The Balaban J connectivity index is 1.34. The molecule has 1 saturated heterocycles. The Labute approximate surface area is 209 Å². The predicted octanol–water partition coefficient (Wildman–Crippen LogP) is 5.80. The first-order chi connectivity index (χ1) is 16.9. The smallest absolute Gasteiger partial charge is 0.119 e. The number of likely N-dealkylation sites (tertiary alicyclic amines) is 1. The zero-order valence-electron chi connectivity index (χ0n) is 21.0. The topological polar surface area (TPSA) is 63.9 Å². The minimum atomic E-state index is -1.04. The van der Waals surface area contributed by atoms with E-state index in [2.05, 4.69) is 24.8 Å². The Hall–Kier alpha value is -2.66. The van der Waals surface area contributed by atoms with Crippen LogP contribution in [0.1, 0.15) is 67.7 Å². The molecule has 1 aliphatic heterocycles. The molecule has 186 valence electrons. The number of phenols is 1. The lowest BCUT2D eigenvalue weighted by molar-refractivity contribution is -0.0606. The van der Waals surface area contributed by atoms with Gasteiger partial charge in [0.05, 0.1) is 0 Å². The van der Waals surface area contributed by atoms with Gasteiger partial charge in [0.2, 0.25) is 0 Å². The quantitative estimate of drug-likeness (QED) is 0.367. The molecule has 0 radical (unpaired) electrons. The molecule has 3 aromatic carbocycles. The van der Waals surface area contributed by atoms with Crippen molar-refractivity contribution in [3.63, 3.8) is 0 Å². The summed E-state index contributed by atoms with van der Waals surface area (Å²) >= 11 is 0. The molecule has 1 unspecified atom stereocenters. The number of phenolic OH excluding ortho intramolecular Hbond substituents is 1. The van der Waals surface area contributed by atoms with Gasteiger partial charge in [-0.25, -0.2) is 0 Å². The van der Waals surface area contributed by atoms with E-state index in [0.29, 0.717) is 18.1 Å². The monoisotopic (exact) mass is 473 g/mol. The molecule has 1 aliphatic rings. The van der Waals surface area contributed by atoms with Crippen molar-refractivity contribution in [2.75, 3.05) is 13.1 Å². The number of hydrogen-bond acceptors (Lipinski definition) is 4. The number of hydrogen-bond donors (Lipinski definition) is 3. The first-order valence-corrected chi connectivity index (χ1v) is 13.0. The first kappa shape index (κ1) is 25.4. The third-order valence-corrected chi connectivity index (χ3v) is 7.61. The van der Waals surface area contributed by atoms with Crippen LogP contribution in [0.4, 0.5) is 0 Å². The Kier molecular flexibility index (Phi) is 8.27. The average Bonchev–Trinajstić information content (AvgIpc) is 2.89. The minimum absolute atomic E-state index is 0.0817. The van der Waals surface area contributed by atoms with E-state index in [1.807, 2.05) is 72.8 Å². The lowest BCUT2D eigenvalue weighted by Gasteiger charge is -2.43. The summed E-state index contributed by atoms with van der Waals surface area (Å²) in [7, 11) is 0. The van der Waals surface area contributed by atoms with Crippen molar-refractivity contribution in [3.05, 3.63) is 101 Å². The van der Waals surface area contributed by atoms with Crippen molar-refractivity contribution in [1.82, 2.24) is 4.90 Å².